The van der Waals surface area contributed by atoms with Gasteiger partial charge in [0.25, 0.3) is 5.91 Å². The van der Waals surface area contributed by atoms with E-state index in [0.717, 1.165) is 10.8 Å². The summed E-state index contributed by atoms with van der Waals surface area (Å²) in [6.07, 6.45) is 0.615. The van der Waals surface area contributed by atoms with E-state index in [-0.39, 0.29) is 5.91 Å². The summed E-state index contributed by atoms with van der Waals surface area (Å²) in [6.45, 7) is 0.848. The standard InChI is InChI=1S/C14H14N2O2/c17-10-15-8-9-16-14(18)13-7-3-5-11-4-1-2-6-12(11)13/h1-7,10H,8-9H2,(H,15,17)(H,16,18). The Kier molecular flexibility index (Phi) is 3.91. The topological polar surface area (TPSA) is 58.2 Å². The van der Waals surface area contributed by atoms with Gasteiger partial charge in [-0.1, -0.05) is 36.4 Å². The maximum Gasteiger partial charge on any atom is 0.251 e. The summed E-state index contributed by atoms with van der Waals surface area (Å²) < 4.78 is 0. The molecule has 18 heavy (non-hydrogen) atoms. The average Bonchev–Trinajstić information content (AvgIpc) is 2.43. The molecule has 4 nitrogen and oxygen atoms in total. The number of nitrogens with one attached hydrogen (secondary N) is 2. The number of hydrogen-bond acceptors (Lipinski definition) is 2. The zero-order chi connectivity index (χ0) is 12.8. The van der Waals surface area contributed by atoms with Gasteiger partial charge in [-0.2, -0.15) is 0 Å². The summed E-state index contributed by atoms with van der Waals surface area (Å²) in [5.74, 6) is -0.125. The molecule has 2 rings (SSSR count). The van der Waals surface area contributed by atoms with E-state index in [9.17, 15) is 9.59 Å². The van der Waals surface area contributed by atoms with Crippen molar-refractivity contribution in [3.8, 4) is 0 Å². The molecule has 92 valence electrons. The molecule has 0 bridgehead atoms. The summed E-state index contributed by atoms with van der Waals surface area (Å²) in [6, 6.07) is 13.4. The quantitative estimate of drug-likeness (QED) is 0.613. The fraction of sp³-hybridized carbons (Fsp3) is 0.143. The van der Waals surface area contributed by atoms with Gasteiger partial charge in [0.15, 0.2) is 0 Å². The Labute approximate surface area is 105 Å². The molecule has 0 unspecified atom stereocenters. The Balaban J connectivity index is 2.15. The van der Waals surface area contributed by atoms with Gasteiger partial charge in [0.2, 0.25) is 6.41 Å². The van der Waals surface area contributed by atoms with E-state index in [4.69, 9.17) is 0 Å². The molecule has 0 atom stereocenters. The largest absolute Gasteiger partial charge is 0.357 e. The summed E-state index contributed by atoms with van der Waals surface area (Å²) in [5, 5.41) is 7.23. The molecular formula is C14H14N2O2. The van der Waals surface area contributed by atoms with Crippen molar-refractivity contribution in [3.05, 3.63) is 48.0 Å². The Morgan fingerprint density at radius 3 is 2.67 bits per heavy atom. The van der Waals surface area contributed by atoms with Gasteiger partial charge < -0.3 is 10.6 Å². The van der Waals surface area contributed by atoms with Crippen molar-refractivity contribution in [2.24, 2.45) is 0 Å². The van der Waals surface area contributed by atoms with Gasteiger partial charge in [0.1, 0.15) is 0 Å². The zero-order valence-corrected chi connectivity index (χ0v) is 9.85. The number of benzene rings is 2. The minimum atomic E-state index is -0.125. The van der Waals surface area contributed by atoms with Crippen LogP contribution in [0.4, 0.5) is 0 Å². The van der Waals surface area contributed by atoms with E-state index in [1.165, 1.54) is 0 Å². The summed E-state index contributed by atoms with van der Waals surface area (Å²) in [7, 11) is 0. The molecule has 0 saturated heterocycles. The van der Waals surface area contributed by atoms with Gasteiger partial charge in [0.05, 0.1) is 0 Å². The molecule has 0 aliphatic rings. The van der Waals surface area contributed by atoms with Gasteiger partial charge in [-0.05, 0) is 16.8 Å². The highest BCUT2D eigenvalue weighted by molar-refractivity contribution is 6.06. The van der Waals surface area contributed by atoms with Crippen molar-refractivity contribution in [3.63, 3.8) is 0 Å². The number of carbonyl (C=O) groups is 2. The first-order valence-corrected chi connectivity index (χ1v) is 5.76. The predicted molar refractivity (Wildman–Crippen MR) is 70.3 cm³/mol. The summed E-state index contributed by atoms with van der Waals surface area (Å²) >= 11 is 0. The first kappa shape index (κ1) is 12.1. The molecule has 0 heterocycles. The second kappa shape index (κ2) is 5.82. The van der Waals surface area contributed by atoms with Gasteiger partial charge in [-0.15, -0.1) is 0 Å². The second-order valence-corrected chi connectivity index (χ2v) is 3.85. The smallest absolute Gasteiger partial charge is 0.251 e. The summed E-state index contributed by atoms with van der Waals surface area (Å²) in [5.41, 5.74) is 0.652. The molecule has 4 heteroatoms. The van der Waals surface area contributed by atoms with Crippen LogP contribution in [0.15, 0.2) is 42.5 Å². The van der Waals surface area contributed by atoms with Crippen molar-refractivity contribution in [1.82, 2.24) is 10.6 Å². The second-order valence-electron chi connectivity index (χ2n) is 3.85. The van der Waals surface area contributed by atoms with Crippen LogP contribution >= 0.6 is 0 Å². The van der Waals surface area contributed by atoms with Crippen molar-refractivity contribution in [2.75, 3.05) is 13.1 Å². The summed E-state index contributed by atoms with van der Waals surface area (Å²) in [4.78, 5) is 22.1. The van der Waals surface area contributed by atoms with Crippen molar-refractivity contribution >= 4 is 23.1 Å². The van der Waals surface area contributed by atoms with Crippen molar-refractivity contribution < 1.29 is 9.59 Å². The maximum absolute atomic E-state index is 12.0. The lowest BCUT2D eigenvalue weighted by molar-refractivity contribution is -0.109. The number of fused-ring (bicyclic) bond motifs is 1. The molecule has 2 aromatic rings. The molecule has 2 amide bonds. The Bertz CT molecular complexity index is 561. The predicted octanol–water partition coefficient (Wildman–Crippen LogP) is 1.32. The third-order valence-electron chi connectivity index (χ3n) is 2.67. The molecule has 0 fully saturated rings. The minimum Gasteiger partial charge on any atom is -0.357 e. The third kappa shape index (κ3) is 2.66. The van der Waals surface area contributed by atoms with Crippen molar-refractivity contribution in [1.29, 1.82) is 0 Å². The molecule has 0 aliphatic heterocycles. The van der Waals surface area contributed by atoms with Gasteiger partial charge in [0, 0.05) is 18.7 Å². The van der Waals surface area contributed by atoms with E-state index in [1.807, 2.05) is 36.4 Å². The van der Waals surface area contributed by atoms with E-state index >= 15 is 0 Å². The molecule has 0 spiro atoms. The lowest BCUT2D eigenvalue weighted by Crippen LogP contribution is -2.31. The van der Waals surface area contributed by atoms with Crippen LogP contribution in [0.2, 0.25) is 0 Å². The first-order chi connectivity index (χ1) is 8.83. The van der Waals surface area contributed by atoms with Gasteiger partial charge >= 0.3 is 0 Å². The highest BCUT2D eigenvalue weighted by Gasteiger charge is 2.08. The highest BCUT2D eigenvalue weighted by Crippen LogP contribution is 2.18. The molecule has 2 N–H and O–H groups in total. The van der Waals surface area contributed by atoms with Crippen LogP contribution in [0.1, 0.15) is 10.4 Å². The molecule has 0 aliphatic carbocycles. The van der Waals surface area contributed by atoms with Crippen molar-refractivity contribution in [2.45, 2.75) is 0 Å². The van der Waals surface area contributed by atoms with Crippen LogP contribution in [0.25, 0.3) is 10.8 Å². The number of hydrogen-bond donors (Lipinski definition) is 2. The van der Waals surface area contributed by atoms with E-state index in [1.54, 1.807) is 6.07 Å². The Hall–Kier alpha value is -2.36. The van der Waals surface area contributed by atoms with Crippen LogP contribution in [0.3, 0.4) is 0 Å². The first-order valence-electron chi connectivity index (χ1n) is 5.76. The minimum absolute atomic E-state index is 0.125. The SMILES string of the molecule is O=CNCCNC(=O)c1cccc2ccccc12. The van der Waals surface area contributed by atoms with Crippen LogP contribution < -0.4 is 10.6 Å². The Morgan fingerprint density at radius 2 is 1.83 bits per heavy atom. The van der Waals surface area contributed by atoms with Crippen LogP contribution in [-0.2, 0) is 4.79 Å². The maximum atomic E-state index is 12.0. The average molecular weight is 242 g/mol. The molecule has 0 radical (unpaired) electrons. The van der Waals surface area contributed by atoms with Crippen LogP contribution in [0, 0.1) is 0 Å². The number of amides is 2. The monoisotopic (exact) mass is 242 g/mol. The molecular weight excluding hydrogens is 228 g/mol. The number of rotatable bonds is 5. The van der Waals surface area contributed by atoms with Gasteiger partial charge in [-0.3, -0.25) is 9.59 Å². The lowest BCUT2D eigenvalue weighted by atomic mass is 10.0. The fourth-order valence-corrected chi connectivity index (χ4v) is 1.83. The van der Waals surface area contributed by atoms with E-state index in [2.05, 4.69) is 10.6 Å². The van der Waals surface area contributed by atoms with Crippen LogP contribution in [-0.4, -0.2) is 25.4 Å². The lowest BCUT2D eigenvalue weighted by Gasteiger charge is -2.07. The molecule has 2 aromatic carbocycles. The molecule has 0 saturated carbocycles. The third-order valence-corrected chi connectivity index (χ3v) is 2.67. The normalized spacial score (nSPS) is 10.0. The van der Waals surface area contributed by atoms with Crippen LogP contribution in [0.5, 0.6) is 0 Å². The molecule has 0 aromatic heterocycles. The fourth-order valence-electron chi connectivity index (χ4n) is 1.83. The van der Waals surface area contributed by atoms with Gasteiger partial charge in [-0.25, -0.2) is 0 Å². The Morgan fingerprint density at radius 1 is 1.06 bits per heavy atom. The zero-order valence-electron chi connectivity index (χ0n) is 9.85. The number of carbonyl (C=O) groups excluding carboxylic acids is 2. The highest BCUT2D eigenvalue weighted by atomic mass is 16.1. The van der Waals surface area contributed by atoms with E-state index < -0.39 is 0 Å². The van der Waals surface area contributed by atoms with E-state index in [0.29, 0.717) is 25.1 Å².